The number of hydrogen-bond donors (Lipinski definition) is 1. The molecular weight excluding hydrogens is 354 g/mol. The lowest BCUT2D eigenvalue weighted by molar-refractivity contribution is 0.384. The molecule has 0 saturated carbocycles. The van der Waals surface area contributed by atoms with E-state index < -0.39 is 0 Å². The fourth-order valence-corrected chi connectivity index (χ4v) is 2.87. The number of aryl methyl sites for hydroxylation is 3. The molecule has 3 aromatic heterocycles. The second-order valence-electron chi connectivity index (χ2n) is 6.58. The van der Waals surface area contributed by atoms with Crippen LogP contribution in [0.4, 0.5) is 5.82 Å². The number of rotatable bonds is 8. The summed E-state index contributed by atoms with van der Waals surface area (Å²) in [4.78, 5) is 8.86. The minimum absolute atomic E-state index is 0.486. The summed E-state index contributed by atoms with van der Waals surface area (Å²) in [6, 6.07) is 16.1. The first-order chi connectivity index (χ1) is 13.8. The van der Waals surface area contributed by atoms with Crippen LogP contribution in [0.5, 0.6) is 0 Å². The van der Waals surface area contributed by atoms with Gasteiger partial charge in [-0.2, -0.15) is 4.98 Å². The van der Waals surface area contributed by atoms with Crippen molar-refractivity contribution in [3.8, 4) is 11.5 Å². The molecule has 0 atom stereocenters. The molecule has 0 aliphatic carbocycles. The van der Waals surface area contributed by atoms with Gasteiger partial charge in [0.15, 0.2) is 11.6 Å². The molecule has 3 heterocycles. The van der Waals surface area contributed by atoms with E-state index in [1.165, 1.54) is 5.56 Å². The van der Waals surface area contributed by atoms with Crippen molar-refractivity contribution in [1.82, 2.24) is 20.3 Å². The quantitative estimate of drug-likeness (QED) is 0.493. The number of anilines is 1. The van der Waals surface area contributed by atoms with Crippen LogP contribution >= 0.6 is 0 Å². The van der Waals surface area contributed by atoms with Crippen LogP contribution in [0.1, 0.15) is 29.3 Å². The summed E-state index contributed by atoms with van der Waals surface area (Å²) in [6.45, 7) is 2.42. The molecule has 7 nitrogen and oxygen atoms in total. The lowest BCUT2D eigenvalue weighted by Crippen LogP contribution is -2.00. The zero-order valence-corrected chi connectivity index (χ0v) is 15.6. The van der Waals surface area contributed by atoms with Crippen LogP contribution in [0.15, 0.2) is 63.8 Å². The van der Waals surface area contributed by atoms with E-state index in [-0.39, 0.29) is 0 Å². The SMILES string of the molecule is Cc1cc(CNc2ccc(-c3nc(CCCc4ccccc4)no3)cn2)on1. The Bertz CT molecular complexity index is 1010. The Hall–Kier alpha value is -3.48. The second kappa shape index (κ2) is 8.47. The molecule has 4 rings (SSSR count). The molecule has 0 bridgehead atoms. The predicted molar refractivity (Wildman–Crippen MR) is 105 cm³/mol. The van der Waals surface area contributed by atoms with E-state index in [1.54, 1.807) is 6.20 Å². The Morgan fingerprint density at radius 3 is 2.61 bits per heavy atom. The molecule has 0 aliphatic rings. The van der Waals surface area contributed by atoms with Crippen LogP contribution in [0.2, 0.25) is 0 Å². The van der Waals surface area contributed by atoms with E-state index in [0.717, 1.165) is 42.1 Å². The third kappa shape index (κ3) is 4.62. The number of benzene rings is 1. The molecular formula is C21H21N5O2. The first-order valence-electron chi connectivity index (χ1n) is 9.25. The van der Waals surface area contributed by atoms with Gasteiger partial charge in [0.2, 0.25) is 0 Å². The Balaban J connectivity index is 1.30. The highest BCUT2D eigenvalue weighted by atomic mass is 16.5. The molecule has 0 saturated heterocycles. The van der Waals surface area contributed by atoms with E-state index in [9.17, 15) is 0 Å². The van der Waals surface area contributed by atoms with Crippen molar-refractivity contribution < 1.29 is 9.05 Å². The molecule has 142 valence electrons. The molecule has 1 N–H and O–H groups in total. The maximum atomic E-state index is 5.38. The highest BCUT2D eigenvalue weighted by Gasteiger charge is 2.10. The van der Waals surface area contributed by atoms with Crippen molar-refractivity contribution in [2.24, 2.45) is 0 Å². The average Bonchev–Trinajstić information content (AvgIpc) is 3.37. The van der Waals surface area contributed by atoms with Gasteiger partial charge in [-0.3, -0.25) is 0 Å². The fourth-order valence-electron chi connectivity index (χ4n) is 2.87. The molecule has 1 aromatic carbocycles. The molecule has 0 aliphatic heterocycles. The summed E-state index contributed by atoms with van der Waals surface area (Å²) in [5.74, 6) is 2.70. The summed E-state index contributed by atoms with van der Waals surface area (Å²) < 4.78 is 10.5. The average molecular weight is 375 g/mol. The van der Waals surface area contributed by atoms with E-state index in [4.69, 9.17) is 9.05 Å². The highest BCUT2D eigenvalue weighted by molar-refractivity contribution is 5.54. The summed E-state index contributed by atoms with van der Waals surface area (Å²) in [5, 5.41) is 11.1. The standard InChI is InChI=1S/C21H21N5O2/c1-15-12-18(27-25-15)14-23-19-11-10-17(13-22-19)21-24-20(26-28-21)9-5-8-16-6-3-2-4-7-16/h2-4,6-7,10-13H,5,8-9,14H2,1H3,(H,22,23). The Kier molecular flexibility index (Phi) is 5.42. The van der Waals surface area contributed by atoms with E-state index in [1.807, 2.05) is 31.2 Å². The topological polar surface area (TPSA) is 89.9 Å². The van der Waals surface area contributed by atoms with Crippen molar-refractivity contribution in [2.45, 2.75) is 32.7 Å². The molecule has 0 unspecified atom stereocenters. The van der Waals surface area contributed by atoms with Crippen molar-refractivity contribution >= 4 is 5.82 Å². The number of pyridine rings is 1. The molecule has 4 aromatic rings. The van der Waals surface area contributed by atoms with Gasteiger partial charge in [0.1, 0.15) is 5.82 Å². The Labute approximate surface area is 162 Å². The summed E-state index contributed by atoms with van der Waals surface area (Å²) in [6.07, 6.45) is 4.47. The van der Waals surface area contributed by atoms with Crippen LogP contribution < -0.4 is 5.32 Å². The van der Waals surface area contributed by atoms with Gasteiger partial charge < -0.3 is 14.4 Å². The van der Waals surface area contributed by atoms with Crippen LogP contribution in [0, 0.1) is 6.92 Å². The van der Waals surface area contributed by atoms with Gasteiger partial charge in [0.05, 0.1) is 17.8 Å². The minimum atomic E-state index is 0.486. The largest absolute Gasteiger partial charge is 0.363 e. The smallest absolute Gasteiger partial charge is 0.259 e. The van der Waals surface area contributed by atoms with Gasteiger partial charge in [-0.1, -0.05) is 40.6 Å². The molecule has 0 fully saturated rings. The van der Waals surface area contributed by atoms with Crippen molar-refractivity contribution in [1.29, 1.82) is 0 Å². The first-order valence-corrected chi connectivity index (χ1v) is 9.25. The molecule has 0 spiro atoms. The maximum absolute atomic E-state index is 5.38. The van der Waals surface area contributed by atoms with Gasteiger partial charge in [0, 0.05) is 18.7 Å². The number of nitrogens with zero attached hydrogens (tertiary/aromatic N) is 4. The van der Waals surface area contributed by atoms with Crippen molar-refractivity contribution in [3.05, 3.63) is 77.6 Å². The number of hydrogen-bond acceptors (Lipinski definition) is 7. The normalized spacial score (nSPS) is 10.9. The monoisotopic (exact) mass is 375 g/mol. The molecule has 0 radical (unpaired) electrons. The lowest BCUT2D eigenvalue weighted by atomic mass is 10.1. The minimum Gasteiger partial charge on any atom is -0.363 e. The van der Waals surface area contributed by atoms with Gasteiger partial charge in [-0.15, -0.1) is 0 Å². The molecule has 28 heavy (non-hydrogen) atoms. The third-order valence-corrected chi connectivity index (χ3v) is 4.31. The van der Waals surface area contributed by atoms with Crippen LogP contribution in [0.25, 0.3) is 11.5 Å². The maximum Gasteiger partial charge on any atom is 0.259 e. The van der Waals surface area contributed by atoms with Crippen molar-refractivity contribution in [3.63, 3.8) is 0 Å². The van der Waals surface area contributed by atoms with E-state index >= 15 is 0 Å². The van der Waals surface area contributed by atoms with Gasteiger partial charge >= 0.3 is 0 Å². The van der Waals surface area contributed by atoms with E-state index in [0.29, 0.717) is 18.3 Å². The lowest BCUT2D eigenvalue weighted by Gasteiger charge is -2.02. The second-order valence-corrected chi connectivity index (χ2v) is 6.58. The van der Waals surface area contributed by atoms with Crippen LogP contribution in [-0.4, -0.2) is 20.3 Å². The molecule has 7 heteroatoms. The van der Waals surface area contributed by atoms with Gasteiger partial charge in [-0.05, 0) is 37.5 Å². The first kappa shape index (κ1) is 17.9. The van der Waals surface area contributed by atoms with Crippen LogP contribution in [0.3, 0.4) is 0 Å². The van der Waals surface area contributed by atoms with Crippen molar-refractivity contribution in [2.75, 3.05) is 5.32 Å². The van der Waals surface area contributed by atoms with Crippen LogP contribution in [-0.2, 0) is 19.4 Å². The third-order valence-electron chi connectivity index (χ3n) is 4.31. The Morgan fingerprint density at radius 1 is 0.964 bits per heavy atom. The number of nitrogens with one attached hydrogen (secondary N) is 1. The predicted octanol–water partition coefficient (Wildman–Crippen LogP) is 4.22. The van der Waals surface area contributed by atoms with Gasteiger partial charge in [0.25, 0.3) is 5.89 Å². The Morgan fingerprint density at radius 2 is 1.86 bits per heavy atom. The summed E-state index contributed by atoms with van der Waals surface area (Å²) in [5.41, 5.74) is 2.97. The van der Waals surface area contributed by atoms with E-state index in [2.05, 4.69) is 49.9 Å². The fraction of sp³-hybridized carbons (Fsp3) is 0.238. The molecule has 0 amide bonds. The zero-order valence-electron chi connectivity index (χ0n) is 15.6. The summed E-state index contributed by atoms with van der Waals surface area (Å²) in [7, 11) is 0. The highest BCUT2D eigenvalue weighted by Crippen LogP contribution is 2.19. The zero-order chi connectivity index (χ0) is 19.2. The summed E-state index contributed by atoms with van der Waals surface area (Å²) >= 11 is 0. The number of aromatic nitrogens is 4. The van der Waals surface area contributed by atoms with Gasteiger partial charge in [-0.25, -0.2) is 4.98 Å².